The molecule has 1 aliphatic carbocycles. The predicted octanol–water partition coefficient (Wildman–Crippen LogP) is 3.35. The molecular formula is C25H26N2O6. The average molecular weight is 450 g/mol. The van der Waals surface area contributed by atoms with Crippen molar-refractivity contribution in [3.05, 3.63) is 45.7 Å². The van der Waals surface area contributed by atoms with Crippen LogP contribution in [0.2, 0.25) is 0 Å². The van der Waals surface area contributed by atoms with E-state index in [4.69, 9.17) is 18.9 Å². The van der Waals surface area contributed by atoms with Gasteiger partial charge < -0.3 is 28.8 Å². The van der Waals surface area contributed by atoms with E-state index in [2.05, 4.69) is 12.2 Å². The van der Waals surface area contributed by atoms with E-state index in [9.17, 15) is 9.59 Å². The van der Waals surface area contributed by atoms with Crippen molar-refractivity contribution < 1.29 is 23.7 Å². The number of carbonyl (C=O) groups excluding carboxylic acids is 1. The monoisotopic (exact) mass is 450 g/mol. The van der Waals surface area contributed by atoms with Crippen LogP contribution in [0.5, 0.6) is 23.0 Å². The van der Waals surface area contributed by atoms with Gasteiger partial charge in [-0.3, -0.25) is 9.59 Å². The van der Waals surface area contributed by atoms with E-state index in [1.807, 2.05) is 0 Å². The minimum Gasteiger partial charge on any atom is -0.493 e. The highest BCUT2D eigenvalue weighted by molar-refractivity contribution is 6.27. The number of benzene rings is 2. The summed E-state index contributed by atoms with van der Waals surface area (Å²) in [5, 5.41) is 4.35. The third-order valence-electron chi connectivity index (χ3n) is 6.18. The molecule has 8 heteroatoms. The van der Waals surface area contributed by atoms with Crippen LogP contribution in [0.1, 0.15) is 35.7 Å². The van der Waals surface area contributed by atoms with Crippen molar-refractivity contribution in [3.63, 3.8) is 0 Å². The van der Waals surface area contributed by atoms with Crippen LogP contribution in [-0.2, 0) is 6.54 Å². The van der Waals surface area contributed by atoms with Crippen molar-refractivity contribution in [2.45, 2.75) is 26.3 Å². The fraction of sp³-hybridized carbons (Fsp3) is 0.360. The van der Waals surface area contributed by atoms with Crippen molar-refractivity contribution in [3.8, 4) is 34.3 Å². The highest BCUT2D eigenvalue weighted by Gasteiger charge is 2.35. The second-order valence-electron chi connectivity index (χ2n) is 8.12. The molecule has 2 heterocycles. The van der Waals surface area contributed by atoms with Gasteiger partial charge >= 0.3 is 0 Å². The number of hydrogen-bond acceptors (Lipinski definition) is 7. The Hall–Kier alpha value is -3.52. The number of nitrogens with one attached hydrogen (secondary N) is 1. The number of ether oxygens (including phenoxy) is 4. The van der Waals surface area contributed by atoms with Gasteiger partial charge in [-0.25, -0.2) is 0 Å². The summed E-state index contributed by atoms with van der Waals surface area (Å²) in [6.07, 6.45) is 1.79. The molecule has 2 aromatic carbocycles. The maximum absolute atomic E-state index is 13.7. The highest BCUT2D eigenvalue weighted by Crippen LogP contribution is 2.46. The Morgan fingerprint density at radius 2 is 1.61 bits per heavy atom. The van der Waals surface area contributed by atoms with Crippen molar-refractivity contribution in [1.82, 2.24) is 9.88 Å². The van der Waals surface area contributed by atoms with Gasteiger partial charge in [-0.15, -0.1) is 0 Å². The summed E-state index contributed by atoms with van der Waals surface area (Å²) in [5.74, 6) is 1.88. The van der Waals surface area contributed by atoms with Crippen LogP contribution in [0.3, 0.4) is 0 Å². The molecule has 0 bridgehead atoms. The maximum atomic E-state index is 13.7. The molecule has 0 fully saturated rings. The Bertz CT molecular complexity index is 1330. The fourth-order valence-corrected chi connectivity index (χ4v) is 4.62. The zero-order valence-corrected chi connectivity index (χ0v) is 18.9. The minimum absolute atomic E-state index is 0.115. The number of rotatable bonds is 8. The number of ketones is 1. The first kappa shape index (κ1) is 21.3. The van der Waals surface area contributed by atoms with Gasteiger partial charge in [0.25, 0.3) is 5.56 Å². The van der Waals surface area contributed by atoms with Crippen LogP contribution in [-0.4, -0.2) is 44.5 Å². The largest absolute Gasteiger partial charge is 0.493 e. The van der Waals surface area contributed by atoms with E-state index in [1.54, 1.807) is 28.8 Å². The Labute approximate surface area is 191 Å². The lowest BCUT2D eigenvalue weighted by molar-refractivity contribution is 0.104. The first-order valence-corrected chi connectivity index (χ1v) is 11.1. The Balaban J connectivity index is 1.75. The summed E-state index contributed by atoms with van der Waals surface area (Å²) >= 11 is 0. The third kappa shape index (κ3) is 3.33. The van der Waals surface area contributed by atoms with Gasteiger partial charge in [-0.1, -0.05) is 6.92 Å². The fourth-order valence-electron chi connectivity index (χ4n) is 4.62. The van der Waals surface area contributed by atoms with Crippen molar-refractivity contribution in [1.29, 1.82) is 0 Å². The molecule has 0 saturated carbocycles. The number of methoxy groups -OCH3 is 2. The van der Waals surface area contributed by atoms with E-state index in [-0.39, 0.29) is 18.1 Å². The van der Waals surface area contributed by atoms with E-state index < -0.39 is 0 Å². The van der Waals surface area contributed by atoms with E-state index in [0.29, 0.717) is 62.7 Å². The summed E-state index contributed by atoms with van der Waals surface area (Å²) in [6.45, 7) is 4.41. The molecule has 0 saturated heterocycles. The van der Waals surface area contributed by atoms with Crippen molar-refractivity contribution >= 4 is 16.6 Å². The summed E-state index contributed by atoms with van der Waals surface area (Å²) in [4.78, 5) is 27.3. The van der Waals surface area contributed by atoms with Gasteiger partial charge in [-0.2, -0.15) is 0 Å². The highest BCUT2D eigenvalue weighted by atomic mass is 16.7. The quantitative estimate of drug-likeness (QED) is 0.412. The third-order valence-corrected chi connectivity index (χ3v) is 6.18. The normalized spacial score (nSPS) is 13.4. The van der Waals surface area contributed by atoms with Crippen LogP contribution in [0.25, 0.3) is 22.0 Å². The van der Waals surface area contributed by atoms with Gasteiger partial charge in [-0.05, 0) is 50.2 Å². The Kier molecular flexibility index (Phi) is 5.46. The van der Waals surface area contributed by atoms with Gasteiger partial charge in [0.05, 0.1) is 30.9 Å². The number of hydrogen-bond donors (Lipinski definition) is 1. The summed E-state index contributed by atoms with van der Waals surface area (Å²) in [5.41, 5.74) is 2.14. The van der Waals surface area contributed by atoms with Crippen molar-refractivity contribution in [2.75, 3.05) is 34.1 Å². The first-order valence-electron chi connectivity index (χ1n) is 11.1. The zero-order valence-electron chi connectivity index (χ0n) is 18.9. The lowest BCUT2D eigenvalue weighted by Crippen LogP contribution is -2.26. The standard InChI is InChI=1S/C25H26N2O6/c1-4-6-26-7-5-8-27-23-15-10-20-21(33-13-32-20)11-16(15)24(28)22(23)14-9-18(30-2)19(31-3)12-17(14)25(27)29/h9-12,26H,4-8,13H2,1-3H3. The van der Waals surface area contributed by atoms with Crippen LogP contribution in [0.4, 0.5) is 0 Å². The number of carbonyl (C=O) groups is 1. The molecule has 0 unspecified atom stereocenters. The molecule has 0 amide bonds. The number of nitrogens with zero attached hydrogens (tertiary/aromatic N) is 1. The minimum atomic E-state index is -0.168. The molecule has 5 rings (SSSR count). The molecular weight excluding hydrogens is 424 g/mol. The van der Waals surface area contributed by atoms with Gasteiger partial charge in [0.15, 0.2) is 28.8 Å². The smallest absolute Gasteiger partial charge is 0.259 e. The van der Waals surface area contributed by atoms with Crippen LogP contribution >= 0.6 is 0 Å². The molecule has 3 aromatic rings. The Morgan fingerprint density at radius 1 is 0.939 bits per heavy atom. The van der Waals surface area contributed by atoms with Crippen LogP contribution < -0.4 is 29.8 Å². The summed E-state index contributed by atoms with van der Waals surface area (Å²) in [6, 6.07) is 6.89. The van der Waals surface area contributed by atoms with E-state index >= 15 is 0 Å². The van der Waals surface area contributed by atoms with Gasteiger partial charge in [0.2, 0.25) is 6.79 Å². The van der Waals surface area contributed by atoms with Crippen LogP contribution in [0, 0.1) is 0 Å². The van der Waals surface area contributed by atoms with Crippen LogP contribution in [0.15, 0.2) is 29.1 Å². The molecule has 2 aliphatic rings. The molecule has 1 N–H and O–H groups in total. The molecule has 1 aromatic heterocycles. The van der Waals surface area contributed by atoms with Gasteiger partial charge in [0.1, 0.15) is 0 Å². The molecule has 1 aliphatic heterocycles. The Morgan fingerprint density at radius 3 is 2.27 bits per heavy atom. The number of pyridine rings is 1. The molecule has 172 valence electrons. The molecule has 0 spiro atoms. The molecule has 8 nitrogen and oxygen atoms in total. The summed E-state index contributed by atoms with van der Waals surface area (Å²) < 4.78 is 23.6. The topological polar surface area (TPSA) is 88.0 Å². The number of fused-ring (bicyclic) bond motifs is 6. The van der Waals surface area contributed by atoms with Gasteiger partial charge in [0, 0.05) is 23.1 Å². The summed E-state index contributed by atoms with van der Waals surface area (Å²) in [7, 11) is 3.06. The van der Waals surface area contributed by atoms with E-state index in [0.717, 1.165) is 25.9 Å². The van der Waals surface area contributed by atoms with E-state index in [1.165, 1.54) is 14.2 Å². The number of aromatic nitrogens is 1. The maximum Gasteiger partial charge on any atom is 0.259 e. The van der Waals surface area contributed by atoms with Crippen molar-refractivity contribution in [2.24, 2.45) is 0 Å². The predicted molar refractivity (Wildman–Crippen MR) is 124 cm³/mol. The molecule has 33 heavy (non-hydrogen) atoms. The lowest BCUT2D eigenvalue weighted by atomic mass is 10.0. The average Bonchev–Trinajstić information content (AvgIpc) is 3.40. The first-order chi connectivity index (χ1) is 16.1. The molecule has 0 radical (unpaired) electrons. The SMILES string of the molecule is CCCNCCCn1c2c(c3cc(OC)c(OC)cc3c1=O)C(=O)c1cc3c(cc1-2)OCO3. The second kappa shape index (κ2) is 8.44. The lowest BCUT2D eigenvalue weighted by Gasteiger charge is -2.17. The second-order valence-corrected chi connectivity index (χ2v) is 8.12. The molecule has 0 atom stereocenters. The zero-order chi connectivity index (χ0) is 23.1.